The summed E-state index contributed by atoms with van der Waals surface area (Å²) in [5, 5.41) is 37.8. The van der Waals surface area contributed by atoms with Crippen molar-refractivity contribution in [2.24, 2.45) is 69.0 Å². The minimum atomic E-state index is -0.151. The van der Waals surface area contributed by atoms with Crippen molar-refractivity contribution in [2.45, 2.75) is 258 Å². The van der Waals surface area contributed by atoms with E-state index in [0.717, 1.165) is 199 Å². The number of Topliss-reactive ketones (excluding diaryl/α,β-unsaturated/α-hetero) is 4. The molecular formula is C94H106N12O8. The summed E-state index contributed by atoms with van der Waals surface area (Å²) in [4.78, 5) is 52.4. The minimum Gasteiger partial charge on any atom is -0.487 e. The second-order valence-electron chi connectivity index (χ2n) is 38.0. The number of hydrogen-bond acceptors (Lipinski definition) is 16. The van der Waals surface area contributed by atoms with Gasteiger partial charge in [0.2, 0.25) is 0 Å². The van der Waals surface area contributed by atoms with Gasteiger partial charge < -0.3 is 18.9 Å². The molecule has 8 saturated carbocycles. The molecule has 0 amide bonds. The molecule has 0 bridgehead atoms. The highest BCUT2D eigenvalue weighted by molar-refractivity contribution is 5.89. The van der Waals surface area contributed by atoms with E-state index in [1.54, 1.807) is 0 Å². The van der Waals surface area contributed by atoms with E-state index in [-0.39, 0.29) is 48.1 Å². The third-order valence-electron chi connectivity index (χ3n) is 32.4. The molecule has 590 valence electrons. The van der Waals surface area contributed by atoms with Gasteiger partial charge in [-0.2, -0.15) is 0 Å². The standard InChI is InChI=1S/C94H106N12O8/c1-91-33-29-75-71-17-9-67(39-55(71)5-13-79(75)83(91)21-25-87(91)107)111-51-63-47-103(99-95-63)43-59-37-61(45-105-49-65(97-101-105)53-113-69-11-19-73-57(41-69)7-15-81-77(73)31-35-93(3)85(81)23-27-89(93)109)62(46-106-50-66(98-102-106)54-114-70-12-20-74-58(42-70)8-16-82-78(74)32-36-94(4)86(82)24-28-90(94)110)38-60(59)44-104-48-64(96-100-104)52-112-68-10-18-72-56(40-68)6-14-80-76(72)30-34-92(2)84(80)22-26-88(92)108/h9-12,17-20,37-42,47-50,75-86H,5-8,13-16,21-36,43-46,51-54H2,1-4H3/t75-,76-,77-,78-,79-,80-,81-,82-,83+,84+,85+,86+,91+,92+,93+,94+/m1/s1. The lowest BCUT2D eigenvalue weighted by atomic mass is 9.55. The maximum absolute atomic E-state index is 13.1. The number of carbonyl (C=O) groups is 4. The molecule has 12 aliphatic rings. The quantitative estimate of drug-likeness (QED) is 0.0691. The van der Waals surface area contributed by atoms with Crippen molar-refractivity contribution >= 4 is 23.1 Å². The highest BCUT2D eigenvalue weighted by Gasteiger charge is 2.59. The predicted octanol–water partition coefficient (Wildman–Crippen LogP) is 16.3. The number of carbonyl (C=O) groups excluding carboxylic acids is 4. The summed E-state index contributed by atoms with van der Waals surface area (Å²) in [6.07, 6.45) is 31.6. The van der Waals surface area contributed by atoms with E-state index in [1.165, 1.54) is 44.5 Å². The molecule has 16 atom stereocenters. The average molecular weight is 1530 g/mol. The van der Waals surface area contributed by atoms with E-state index in [4.69, 9.17) is 60.2 Å². The van der Waals surface area contributed by atoms with Crippen molar-refractivity contribution in [1.82, 2.24) is 60.0 Å². The number of aromatic nitrogens is 12. The van der Waals surface area contributed by atoms with Crippen LogP contribution in [-0.4, -0.2) is 83.1 Å². The van der Waals surface area contributed by atoms with E-state index in [1.807, 2.05) is 43.5 Å². The molecule has 9 aromatic rings. The molecule has 0 saturated heterocycles. The maximum Gasteiger partial charge on any atom is 0.139 e. The zero-order valence-corrected chi connectivity index (χ0v) is 66.6. The summed E-state index contributed by atoms with van der Waals surface area (Å²) in [5.41, 5.74) is 17.4. The van der Waals surface area contributed by atoms with Gasteiger partial charge in [-0.15, -0.1) is 20.4 Å². The van der Waals surface area contributed by atoms with Crippen LogP contribution in [0.5, 0.6) is 23.0 Å². The van der Waals surface area contributed by atoms with Crippen LogP contribution in [0.25, 0.3) is 0 Å². The second-order valence-corrected chi connectivity index (χ2v) is 38.0. The molecule has 0 N–H and O–H groups in total. The first kappa shape index (κ1) is 72.3. The third kappa shape index (κ3) is 12.5. The predicted molar refractivity (Wildman–Crippen MR) is 425 cm³/mol. The topological polar surface area (TPSA) is 228 Å². The number of benzene rings is 5. The summed E-state index contributed by atoms with van der Waals surface area (Å²) >= 11 is 0. The fraction of sp³-hybridized carbons (Fsp3) is 0.553. The Kier molecular flexibility index (Phi) is 17.9. The van der Waals surface area contributed by atoms with Crippen LogP contribution < -0.4 is 18.9 Å². The Labute approximate surface area is 667 Å². The fourth-order valence-corrected chi connectivity index (χ4v) is 26.3. The van der Waals surface area contributed by atoms with Crippen molar-refractivity contribution in [2.75, 3.05) is 0 Å². The third-order valence-corrected chi connectivity index (χ3v) is 32.4. The van der Waals surface area contributed by atoms with Crippen LogP contribution in [0.15, 0.2) is 110 Å². The number of nitrogens with zero attached hydrogens (tertiary/aromatic N) is 12. The molecule has 5 aromatic carbocycles. The van der Waals surface area contributed by atoms with Crippen LogP contribution >= 0.6 is 0 Å². The van der Waals surface area contributed by atoms with Crippen LogP contribution in [0.3, 0.4) is 0 Å². The Balaban J connectivity index is 0.553. The smallest absolute Gasteiger partial charge is 0.139 e. The second kappa shape index (κ2) is 28.2. The molecule has 20 heteroatoms. The zero-order chi connectivity index (χ0) is 76.9. The summed E-state index contributed by atoms with van der Waals surface area (Å²) in [7, 11) is 0. The van der Waals surface area contributed by atoms with Crippen LogP contribution in [0.2, 0.25) is 0 Å². The Morgan fingerprint density at radius 3 is 0.781 bits per heavy atom. The van der Waals surface area contributed by atoms with E-state index < -0.39 is 0 Å². The first-order valence-electron chi connectivity index (χ1n) is 43.3. The van der Waals surface area contributed by atoms with Gasteiger partial charge in [-0.3, -0.25) is 19.2 Å². The van der Waals surface area contributed by atoms with Crippen LogP contribution in [-0.2, 0) is 97.5 Å². The van der Waals surface area contributed by atoms with Gasteiger partial charge in [0.25, 0.3) is 0 Å². The highest BCUT2D eigenvalue weighted by atomic mass is 16.5. The Morgan fingerprint density at radius 1 is 0.307 bits per heavy atom. The fourth-order valence-electron chi connectivity index (χ4n) is 26.3. The lowest BCUT2D eigenvalue weighted by Crippen LogP contribution is -2.42. The lowest BCUT2D eigenvalue weighted by molar-refractivity contribution is -0.130. The molecule has 8 fully saturated rings. The largest absolute Gasteiger partial charge is 0.487 e. The zero-order valence-electron chi connectivity index (χ0n) is 66.6. The molecule has 4 aromatic heterocycles. The normalized spacial score (nSPS) is 31.3. The SMILES string of the molecule is C[C@]12CC[C@@H]3c4ccc(OCc5cn(Cc6cc(Cn7cc(COc8ccc9c(c8)CC[C@@H]8[C@@H]9CC[C@]9(C)C(=O)CC[C@@H]89)nn7)c(Cn7cc(COc8ccc9c(c8)CC[C@@H]8[C@@H]9CC[C@]9(C)C(=O)CC[C@@H]89)nn7)cc6Cn6cc(COc7ccc8c(c7)CC[C@@H]7[C@@H]8CC[C@]8(C)C(=O)CC[C@@H]78)nn6)nn5)cc4CC[C@H]3[C@@H]1CCC2=O. The molecule has 4 heterocycles. The van der Waals surface area contributed by atoms with Gasteiger partial charge in [0.1, 0.15) is 95.3 Å². The molecule has 0 radical (unpaired) electrons. The van der Waals surface area contributed by atoms with Crippen molar-refractivity contribution in [1.29, 1.82) is 0 Å². The van der Waals surface area contributed by atoms with E-state index >= 15 is 0 Å². The number of ketones is 4. The summed E-state index contributed by atoms with van der Waals surface area (Å²) in [6, 6.07) is 31.1. The molecule has 114 heavy (non-hydrogen) atoms. The number of hydrogen-bond donors (Lipinski definition) is 0. The van der Waals surface area contributed by atoms with Crippen LogP contribution in [0.4, 0.5) is 0 Å². The van der Waals surface area contributed by atoms with E-state index in [0.29, 0.717) is 143 Å². The van der Waals surface area contributed by atoms with Crippen molar-refractivity contribution in [3.8, 4) is 23.0 Å². The van der Waals surface area contributed by atoms with E-state index in [2.05, 4.69) is 113 Å². The van der Waals surface area contributed by atoms with Gasteiger partial charge >= 0.3 is 0 Å². The first-order chi connectivity index (χ1) is 55.4. The van der Waals surface area contributed by atoms with Crippen molar-refractivity contribution in [3.05, 3.63) is 199 Å². The van der Waals surface area contributed by atoms with Gasteiger partial charge in [0.15, 0.2) is 0 Å². The first-order valence-corrected chi connectivity index (χ1v) is 43.3. The molecule has 0 unspecified atom stereocenters. The average Bonchev–Trinajstić information content (AvgIpc) is 1.50. The molecular weight excluding hydrogens is 1430 g/mol. The summed E-state index contributed by atoms with van der Waals surface area (Å²) in [5.74, 6) is 11.3. The van der Waals surface area contributed by atoms with E-state index in [9.17, 15) is 19.2 Å². The lowest BCUT2D eigenvalue weighted by Gasteiger charge is -2.48. The van der Waals surface area contributed by atoms with Crippen LogP contribution in [0, 0.1) is 69.0 Å². The van der Waals surface area contributed by atoms with Gasteiger partial charge in [-0.05, 0) is 315 Å². The van der Waals surface area contributed by atoms with Gasteiger partial charge in [-0.1, -0.05) is 84.9 Å². The van der Waals surface area contributed by atoms with Gasteiger partial charge in [-0.25, -0.2) is 18.7 Å². The van der Waals surface area contributed by atoms with Gasteiger partial charge in [0.05, 0.1) is 51.0 Å². The summed E-state index contributed by atoms with van der Waals surface area (Å²) < 4.78 is 33.8. The highest BCUT2D eigenvalue weighted by Crippen LogP contribution is 2.64. The Hall–Kier alpha value is -9.46. The summed E-state index contributed by atoms with van der Waals surface area (Å²) in [6.45, 7) is 11.5. The van der Waals surface area contributed by atoms with Crippen LogP contribution in [0.1, 0.15) is 269 Å². The Bertz CT molecular complexity index is 4680. The number of aryl methyl sites for hydroxylation is 4. The van der Waals surface area contributed by atoms with Crippen molar-refractivity contribution < 1.29 is 38.1 Å². The number of fused-ring (bicyclic) bond motifs is 20. The number of rotatable bonds is 20. The molecule has 0 aliphatic heterocycles. The number of ether oxygens (including phenoxy) is 4. The molecule has 0 spiro atoms. The molecule has 20 nitrogen and oxygen atoms in total. The maximum atomic E-state index is 13.1. The Morgan fingerprint density at radius 2 is 0.544 bits per heavy atom. The van der Waals surface area contributed by atoms with Crippen molar-refractivity contribution in [3.63, 3.8) is 0 Å². The minimum absolute atomic E-state index is 0.151. The van der Waals surface area contributed by atoms with Gasteiger partial charge in [0, 0.05) is 47.3 Å². The molecule has 12 aliphatic carbocycles. The molecule has 21 rings (SSSR count). The monoisotopic (exact) mass is 1530 g/mol.